The molecule has 0 aromatic rings. The van der Waals surface area contributed by atoms with Gasteiger partial charge in [0.15, 0.2) is 0 Å². The number of hydrogen-bond acceptors (Lipinski definition) is 3. The van der Waals surface area contributed by atoms with Crippen LogP contribution >= 0.6 is 0 Å². The maximum Gasteiger partial charge on any atom is 0.114 e. The van der Waals surface area contributed by atoms with Crippen molar-refractivity contribution in [2.24, 2.45) is 0 Å². The summed E-state index contributed by atoms with van der Waals surface area (Å²) in [6, 6.07) is 0. The fourth-order valence-electron chi connectivity index (χ4n) is 0.785. The quantitative estimate of drug-likeness (QED) is 0.535. The molecule has 2 atom stereocenters. The Morgan fingerprint density at radius 3 is 2.44 bits per heavy atom. The Labute approximate surface area is 55.2 Å². The molecule has 3 heteroatoms. The highest BCUT2D eigenvalue weighted by molar-refractivity contribution is 4.66. The van der Waals surface area contributed by atoms with E-state index in [0.717, 1.165) is 13.0 Å². The van der Waals surface area contributed by atoms with Crippen LogP contribution in [0, 0.1) is 0 Å². The largest absolute Gasteiger partial charge is 0.379 e. The second kappa shape index (κ2) is 2.64. The molecule has 1 aliphatic heterocycles. The summed E-state index contributed by atoms with van der Waals surface area (Å²) in [6.45, 7) is 2.57. The number of aliphatic hydroxyl groups is 1. The summed E-state index contributed by atoms with van der Waals surface area (Å²) in [5.74, 6) is 0. The topological polar surface area (TPSA) is 32.7 Å². The smallest absolute Gasteiger partial charge is 0.114 e. The van der Waals surface area contributed by atoms with Gasteiger partial charge in [-0.25, -0.2) is 0 Å². The molecule has 0 spiro atoms. The fraction of sp³-hybridized carbons (Fsp3) is 1.00. The summed E-state index contributed by atoms with van der Waals surface area (Å²) in [6.07, 6.45) is 0.807. The summed E-state index contributed by atoms with van der Waals surface area (Å²) in [5, 5.41) is 9.00. The van der Waals surface area contributed by atoms with Gasteiger partial charge < -0.3 is 9.84 Å². The van der Waals surface area contributed by atoms with Crippen LogP contribution in [0.2, 0.25) is 0 Å². The van der Waals surface area contributed by atoms with Crippen LogP contribution in [0.5, 0.6) is 0 Å². The van der Waals surface area contributed by atoms with Crippen molar-refractivity contribution in [3.8, 4) is 0 Å². The van der Waals surface area contributed by atoms with E-state index in [9.17, 15) is 0 Å². The molecule has 2 unspecified atom stereocenters. The SMILES string of the molecule is CC(O)N(C)C1CCO1. The lowest BCUT2D eigenvalue weighted by Crippen LogP contribution is -2.46. The minimum Gasteiger partial charge on any atom is -0.379 e. The third-order valence-corrected chi connectivity index (χ3v) is 1.72. The molecular weight excluding hydrogens is 118 g/mol. The van der Waals surface area contributed by atoms with E-state index >= 15 is 0 Å². The molecule has 0 radical (unpaired) electrons. The maximum absolute atomic E-state index is 9.00. The highest BCUT2D eigenvalue weighted by atomic mass is 16.5. The third kappa shape index (κ3) is 1.41. The minimum absolute atomic E-state index is 0.157. The second-order valence-electron chi connectivity index (χ2n) is 2.41. The Morgan fingerprint density at radius 1 is 1.78 bits per heavy atom. The molecule has 1 fully saturated rings. The molecule has 1 rings (SSSR count). The minimum atomic E-state index is -0.393. The van der Waals surface area contributed by atoms with Crippen LogP contribution in [0.25, 0.3) is 0 Å². The van der Waals surface area contributed by atoms with Crippen LogP contribution in [-0.2, 0) is 4.74 Å². The van der Waals surface area contributed by atoms with Gasteiger partial charge in [0.25, 0.3) is 0 Å². The van der Waals surface area contributed by atoms with Gasteiger partial charge in [-0.2, -0.15) is 0 Å². The highest BCUT2D eigenvalue weighted by Crippen LogP contribution is 2.15. The molecule has 0 aliphatic carbocycles. The average molecular weight is 131 g/mol. The van der Waals surface area contributed by atoms with E-state index in [1.165, 1.54) is 0 Å². The number of nitrogens with zero attached hydrogens (tertiary/aromatic N) is 1. The Morgan fingerprint density at radius 2 is 2.33 bits per heavy atom. The molecule has 0 saturated carbocycles. The Hall–Kier alpha value is -0.120. The van der Waals surface area contributed by atoms with Crippen LogP contribution in [-0.4, -0.2) is 36.1 Å². The number of aliphatic hydroxyl groups excluding tert-OH is 1. The molecule has 3 nitrogen and oxygen atoms in total. The summed E-state index contributed by atoms with van der Waals surface area (Å²) in [4.78, 5) is 1.81. The molecule has 0 amide bonds. The van der Waals surface area contributed by atoms with Crippen molar-refractivity contribution in [1.82, 2.24) is 4.90 Å². The van der Waals surface area contributed by atoms with Crippen molar-refractivity contribution < 1.29 is 9.84 Å². The van der Waals surface area contributed by atoms with Gasteiger partial charge in [-0.3, -0.25) is 4.90 Å². The first-order valence-corrected chi connectivity index (χ1v) is 3.23. The van der Waals surface area contributed by atoms with Crippen molar-refractivity contribution in [3.63, 3.8) is 0 Å². The van der Waals surface area contributed by atoms with Crippen LogP contribution < -0.4 is 0 Å². The lowest BCUT2D eigenvalue weighted by Gasteiger charge is -2.36. The maximum atomic E-state index is 9.00. The zero-order valence-corrected chi connectivity index (χ0v) is 5.87. The van der Waals surface area contributed by atoms with Gasteiger partial charge in [0.1, 0.15) is 12.5 Å². The molecule has 0 aromatic carbocycles. The van der Waals surface area contributed by atoms with Crippen LogP contribution in [0.4, 0.5) is 0 Å². The van der Waals surface area contributed by atoms with Crippen molar-refractivity contribution in [1.29, 1.82) is 0 Å². The van der Waals surface area contributed by atoms with Gasteiger partial charge in [0.2, 0.25) is 0 Å². The average Bonchev–Trinajstić information content (AvgIpc) is 1.60. The summed E-state index contributed by atoms with van der Waals surface area (Å²) < 4.78 is 5.12. The zero-order valence-electron chi connectivity index (χ0n) is 5.87. The Kier molecular flexibility index (Phi) is 2.05. The predicted molar refractivity (Wildman–Crippen MR) is 33.8 cm³/mol. The van der Waals surface area contributed by atoms with E-state index in [1.807, 2.05) is 11.9 Å². The summed E-state index contributed by atoms with van der Waals surface area (Å²) in [7, 11) is 1.86. The molecular formula is C6H13NO2. The summed E-state index contributed by atoms with van der Waals surface area (Å²) in [5.41, 5.74) is 0. The first-order chi connectivity index (χ1) is 4.22. The third-order valence-electron chi connectivity index (χ3n) is 1.72. The number of rotatable bonds is 2. The molecule has 1 N–H and O–H groups in total. The zero-order chi connectivity index (χ0) is 6.85. The van der Waals surface area contributed by atoms with Gasteiger partial charge in [0.05, 0.1) is 6.61 Å². The van der Waals surface area contributed by atoms with Gasteiger partial charge in [0, 0.05) is 6.42 Å². The van der Waals surface area contributed by atoms with Crippen LogP contribution in [0.1, 0.15) is 13.3 Å². The van der Waals surface area contributed by atoms with E-state index in [2.05, 4.69) is 0 Å². The lowest BCUT2D eigenvalue weighted by atomic mass is 10.3. The van der Waals surface area contributed by atoms with Crippen LogP contribution in [0.15, 0.2) is 0 Å². The van der Waals surface area contributed by atoms with E-state index in [1.54, 1.807) is 6.92 Å². The molecule has 9 heavy (non-hydrogen) atoms. The second-order valence-corrected chi connectivity index (χ2v) is 2.41. The Bertz CT molecular complexity index is 91.1. The van der Waals surface area contributed by atoms with Crippen molar-refractivity contribution in [2.45, 2.75) is 25.8 Å². The molecule has 1 saturated heterocycles. The first kappa shape index (κ1) is 6.99. The van der Waals surface area contributed by atoms with Gasteiger partial charge in [-0.05, 0) is 14.0 Å². The van der Waals surface area contributed by atoms with E-state index in [0.29, 0.717) is 0 Å². The molecule has 0 aromatic heterocycles. The van der Waals surface area contributed by atoms with Crippen molar-refractivity contribution in [3.05, 3.63) is 0 Å². The standard InChI is InChI=1S/C6H13NO2/c1-5(8)7(2)6-3-4-9-6/h5-6,8H,3-4H2,1-2H3. The van der Waals surface area contributed by atoms with E-state index in [4.69, 9.17) is 9.84 Å². The van der Waals surface area contributed by atoms with Crippen LogP contribution in [0.3, 0.4) is 0 Å². The summed E-state index contributed by atoms with van der Waals surface area (Å²) >= 11 is 0. The van der Waals surface area contributed by atoms with Gasteiger partial charge in [-0.1, -0.05) is 0 Å². The molecule has 0 bridgehead atoms. The van der Waals surface area contributed by atoms with Gasteiger partial charge in [-0.15, -0.1) is 0 Å². The monoisotopic (exact) mass is 131 g/mol. The Balaban J connectivity index is 2.23. The molecule has 1 heterocycles. The fourth-order valence-corrected chi connectivity index (χ4v) is 0.785. The molecule has 54 valence electrons. The number of ether oxygens (including phenoxy) is 1. The van der Waals surface area contributed by atoms with Crippen molar-refractivity contribution >= 4 is 0 Å². The highest BCUT2D eigenvalue weighted by Gasteiger charge is 2.24. The van der Waals surface area contributed by atoms with Crippen molar-refractivity contribution in [2.75, 3.05) is 13.7 Å². The molecule has 1 aliphatic rings. The van der Waals surface area contributed by atoms with E-state index < -0.39 is 6.23 Å². The van der Waals surface area contributed by atoms with E-state index in [-0.39, 0.29) is 6.23 Å². The van der Waals surface area contributed by atoms with Gasteiger partial charge >= 0.3 is 0 Å². The first-order valence-electron chi connectivity index (χ1n) is 3.23. The lowest BCUT2D eigenvalue weighted by molar-refractivity contribution is -0.176. The normalized spacial score (nSPS) is 30.0. The number of hydrogen-bond donors (Lipinski definition) is 1. The predicted octanol–water partition coefficient (Wildman–Crippen LogP) is 0.00290.